The summed E-state index contributed by atoms with van der Waals surface area (Å²) < 4.78 is 11.5. The molecule has 4 nitrogen and oxygen atoms in total. The smallest absolute Gasteiger partial charge is 0.256 e. The van der Waals surface area contributed by atoms with Crippen molar-refractivity contribution < 1.29 is 14.3 Å². The molecule has 1 amide bonds. The Bertz CT molecular complexity index is 659. The minimum absolute atomic E-state index is 0.0128. The van der Waals surface area contributed by atoms with Gasteiger partial charge in [0, 0.05) is 13.7 Å². The fourth-order valence-corrected chi connectivity index (χ4v) is 3.16. The summed E-state index contributed by atoms with van der Waals surface area (Å²) in [4.78, 5) is 14.9. The van der Waals surface area contributed by atoms with Gasteiger partial charge in [0.25, 0.3) is 5.91 Å². The van der Waals surface area contributed by atoms with Gasteiger partial charge in [-0.1, -0.05) is 60.7 Å². The lowest BCUT2D eigenvalue weighted by atomic mass is 10.0. The number of amides is 1. The van der Waals surface area contributed by atoms with Crippen LogP contribution >= 0.6 is 0 Å². The van der Waals surface area contributed by atoms with Crippen LogP contribution in [-0.2, 0) is 14.3 Å². The van der Waals surface area contributed by atoms with E-state index >= 15 is 0 Å². The summed E-state index contributed by atoms with van der Waals surface area (Å²) >= 11 is 0. The Balaban J connectivity index is 1.78. The fourth-order valence-electron chi connectivity index (χ4n) is 3.16. The van der Waals surface area contributed by atoms with Crippen LogP contribution in [0.1, 0.15) is 30.3 Å². The number of nitrogens with zero attached hydrogens (tertiary/aromatic N) is 1. The van der Waals surface area contributed by atoms with Crippen molar-refractivity contribution in [2.24, 2.45) is 0 Å². The van der Waals surface area contributed by atoms with E-state index in [1.54, 1.807) is 7.11 Å². The Kier molecular flexibility index (Phi) is 5.28. The third-order valence-corrected chi connectivity index (χ3v) is 4.31. The molecule has 0 bridgehead atoms. The Hall–Kier alpha value is -2.17. The van der Waals surface area contributed by atoms with Gasteiger partial charge in [0.15, 0.2) is 6.10 Å². The second-order valence-corrected chi connectivity index (χ2v) is 6.12. The summed E-state index contributed by atoms with van der Waals surface area (Å²) in [5.74, 6) is -0.0141. The largest absolute Gasteiger partial charge is 0.367 e. The lowest BCUT2D eigenvalue weighted by Crippen LogP contribution is -2.47. The first-order chi connectivity index (χ1) is 11.7. The van der Waals surface area contributed by atoms with Gasteiger partial charge < -0.3 is 14.4 Å². The molecule has 0 aliphatic carbocycles. The quantitative estimate of drug-likeness (QED) is 0.865. The average Bonchev–Trinajstić information content (AvgIpc) is 2.63. The van der Waals surface area contributed by atoms with Crippen LogP contribution < -0.4 is 0 Å². The Labute approximate surface area is 143 Å². The van der Waals surface area contributed by atoms with E-state index in [9.17, 15) is 4.79 Å². The van der Waals surface area contributed by atoms with E-state index in [2.05, 4.69) is 0 Å². The third kappa shape index (κ3) is 3.66. The van der Waals surface area contributed by atoms with E-state index < -0.39 is 6.10 Å². The predicted molar refractivity (Wildman–Crippen MR) is 92.5 cm³/mol. The molecule has 3 rings (SSSR count). The molecule has 0 radical (unpaired) electrons. The maximum absolute atomic E-state index is 13.0. The van der Waals surface area contributed by atoms with Crippen LogP contribution in [-0.4, -0.2) is 37.1 Å². The van der Waals surface area contributed by atoms with Gasteiger partial charge in [0.05, 0.1) is 12.6 Å². The molecule has 2 aromatic rings. The van der Waals surface area contributed by atoms with Crippen LogP contribution in [0.15, 0.2) is 60.7 Å². The number of carbonyl (C=O) groups excluding carboxylic acids is 1. The number of hydrogen-bond donors (Lipinski definition) is 0. The zero-order chi connectivity index (χ0) is 16.9. The maximum Gasteiger partial charge on any atom is 0.256 e. The zero-order valence-corrected chi connectivity index (χ0v) is 14.1. The van der Waals surface area contributed by atoms with E-state index in [4.69, 9.17) is 9.47 Å². The van der Waals surface area contributed by atoms with E-state index in [-0.39, 0.29) is 18.1 Å². The Morgan fingerprint density at radius 2 is 1.71 bits per heavy atom. The maximum atomic E-state index is 13.0. The van der Waals surface area contributed by atoms with Crippen molar-refractivity contribution in [3.05, 3.63) is 71.8 Å². The first-order valence-corrected chi connectivity index (χ1v) is 8.26. The molecule has 24 heavy (non-hydrogen) atoms. The molecular formula is C20H23NO3. The number of benzene rings is 2. The van der Waals surface area contributed by atoms with Crippen molar-refractivity contribution in [2.75, 3.05) is 20.2 Å². The second kappa shape index (κ2) is 7.60. The number of hydrogen-bond acceptors (Lipinski definition) is 3. The van der Waals surface area contributed by atoms with E-state index in [0.29, 0.717) is 13.1 Å². The molecule has 1 heterocycles. The van der Waals surface area contributed by atoms with Gasteiger partial charge in [-0.3, -0.25) is 4.79 Å². The van der Waals surface area contributed by atoms with Gasteiger partial charge in [0.1, 0.15) is 6.10 Å². The van der Waals surface area contributed by atoms with Crippen molar-refractivity contribution in [1.82, 2.24) is 4.90 Å². The molecule has 0 N–H and O–H groups in total. The second-order valence-electron chi connectivity index (χ2n) is 6.12. The standard InChI is InChI=1S/C20H23NO3/c1-15-13-21(14-18(24-15)16-9-5-3-6-10-16)20(22)19(23-2)17-11-7-4-8-12-17/h3-12,15,18-19H,13-14H2,1-2H3. The van der Waals surface area contributed by atoms with Crippen LogP contribution in [0.5, 0.6) is 0 Å². The molecule has 1 fully saturated rings. The van der Waals surface area contributed by atoms with Crippen molar-refractivity contribution in [2.45, 2.75) is 25.2 Å². The van der Waals surface area contributed by atoms with E-state index in [1.165, 1.54) is 0 Å². The highest BCUT2D eigenvalue weighted by molar-refractivity contribution is 5.82. The highest BCUT2D eigenvalue weighted by Gasteiger charge is 2.33. The van der Waals surface area contributed by atoms with Gasteiger partial charge >= 0.3 is 0 Å². The van der Waals surface area contributed by atoms with Gasteiger partial charge in [-0.15, -0.1) is 0 Å². The molecule has 3 atom stereocenters. The van der Waals surface area contributed by atoms with Gasteiger partial charge in [0.2, 0.25) is 0 Å². The predicted octanol–water partition coefficient (Wildman–Crippen LogP) is 3.36. The van der Waals surface area contributed by atoms with Crippen LogP contribution in [0.4, 0.5) is 0 Å². The van der Waals surface area contributed by atoms with Crippen molar-refractivity contribution in [1.29, 1.82) is 0 Å². The van der Waals surface area contributed by atoms with Crippen LogP contribution in [0.25, 0.3) is 0 Å². The molecule has 3 unspecified atom stereocenters. The molecule has 1 saturated heterocycles. The molecule has 4 heteroatoms. The van der Waals surface area contributed by atoms with Crippen LogP contribution in [0.3, 0.4) is 0 Å². The van der Waals surface area contributed by atoms with Crippen molar-refractivity contribution >= 4 is 5.91 Å². The molecule has 1 aliphatic rings. The van der Waals surface area contributed by atoms with Gasteiger partial charge in [-0.25, -0.2) is 0 Å². The van der Waals surface area contributed by atoms with Gasteiger partial charge in [-0.2, -0.15) is 0 Å². The third-order valence-electron chi connectivity index (χ3n) is 4.31. The highest BCUT2D eigenvalue weighted by Crippen LogP contribution is 2.28. The van der Waals surface area contributed by atoms with Crippen molar-refractivity contribution in [3.63, 3.8) is 0 Å². The Morgan fingerprint density at radius 1 is 1.08 bits per heavy atom. The summed E-state index contributed by atoms with van der Waals surface area (Å²) in [6, 6.07) is 19.7. The SMILES string of the molecule is COC(C(=O)N1CC(C)OC(c2ccccc2)C1)c1ccccc1. The Morgan fingerprint density at radius 3 is 2.33 bits per heavy atom. The minimum Gasteiger partial charge on any atom is -0.367 e. The molecule has 1 aliphatic heterocycles. The molecule has 126 valence electrons. The summed E-state index contributed by atoms with van der Waals surface area (Å²) in [5, 5.41) is 0. The zero-order valence-electron chi connectivity index (χ0n) is 14.1. The van der Waals surface area contributed by atoms with Crippen LogP contribution in [0, 0.1) is 0 Å². The number of morpholine rings is 1. The molecule has 0 spiro atoms. The summed E-state index contributed by atoms with van der Waals surface area (Å²) in [5.41, 5.74) is 1.97. The lowest BCUT2D eigenvalue weighted by molar-refractivity contribution is -0.155. The topological polar surface area (TPSA) is 38.8 Å². The summed E-state index contributed by atoms with van der Waals surface area (Å²) in [7, 11) is 1.58. The normalized spacial score (nSPS) is 22.2. The minimum atomic E-state index is -0.576. The number of methoxy groups -OCH3 is 1. The number of carbonyl (C=O) groups is 1. The monoisotopic (exact) mass is 325 g/mol. The van der Waals surface area contributed by atoms with Crippen LogP contribution in [0.2, 0.25) is 0 Å². The molecule has 0 aromatic heterocycles. The highest BCUT2D eigenvalue weighted by atomic mass is 16.5. The molecule has 2 aromatic carbocycles. The van der Waals surface area contributed by atoms with Crippen molar-refractivity contribution in [3.8, 4) is 0 Å². The van der Waals surface area contributed by atoms with E-state index in [0.717, 1.165) is 11.1 Å². The first-order valence-electron chi connectivity index (χ1n) is 8.26. The molecule has 0 saturated carbocycles. The fraction of sp³-hybridized carbons (Fsp3) is 0.350. The van der Waals surface area contributed by atoms with Gasteiger partial charge in [-0.05, 0) is 18.1 Å². The number of ether oxygens (including phenoxy) is 2. The first kappa shape index (κ1) is 16.7. The average molecular weight is 325 g/mol. The lowest BCUT2D eigenvalue weighted by Gasteiger charge is -2.38. The van der Waals surface area contributed by atoms with E-state index in [1.807, 2.05) is 72.5 Å². The summed E-state index contributed by atoms with van der Waals surface area (Å²) in [6.07, 6.45) is -0.693. The number of rotatable bonds is 4. The molecular weight excluding hydrogens is 302 g/mol. The summed E-state index contributed by atoms with van der Waals surface area (Å²) in [6.45, 7) is 3.12.